The molecule has 0 aromatic heterocycles. The minimum absolute atomic E-state index is 0.0218. The highest BCUT2D eigenvalue weighted by Gasteiger charge is 2.21. The zero-order valence-electron chi connectivity index (χ0n) is 9.46. The van der Waals surface area contributed by atoms with Crippen molar-refractivity contribution in [2.45, 2.75) is 25.8 Å². The number of carbonyl (C=O) groups excluding carboxylic acids is 1. The van der Waals surface area contributed by atoms with Crippen molar-refractivity contribution in [2.75, 3.05) is 6.61 Å². The largest absolute Gasteiger partial charge is 0.396 e. The van der Waals surface area contributed by atoms with Crippen molar-refractivity contribution in [1.82, 2.24) is 5.32 Å². The van der Waals surface area contributed by atoms with Gasteiger partial charge in [-0.2, -0.15) is 0 Å². The Morgan fingerprint density at radius 3 is 2.62 bits per heavy atom. The molecule has 0 spiro atoms. The Labute approximate surface area is 94.3 Å². The van der Waals surface area contributed by atoms with Gasteiger partial charge in [-0.25, -0.2) is 4.39 Å². The topological polar surface area (TPSA) is 49.3 Å². The summed E-state index contributed by atoms with van der Waals surface area (Å²) in [7, 11) is 0. The second-order valence-electron chi connectivity index (χ2n) is 4.29. The third-order valence-electron chi connectivity index (χ3n) is 2.31. The van der Waals surface area contributed by atoms with E-state index in [0.29, 0.717) is 6.42 Å². The van der Waals surface area contributed by atoms with Crippen molar-refractivity contribution in [3.63, 3.8) is 0 Å². The van der Waals surface area contributed by atoms with Gasteiger partial charge >= 0.3 is 0 Å². The highest BCUT2D eigenvalue weighted by atomic mass is 19.1. The van der Waals surface area contributed by atoms with Gasteiger partial charge in [0.1, 0.15) is 5.82 Å². The molecule has 0 bridgehead atoms. The quantitative estimate of drug-likeness (QED) is 0.819. The lowest BCUT2D eigenvalue weighted by Gasteiger charge is -2.25. The maximum absolute atomic E-state index is 13.3. The molecule has 88 valence electrons. The highest BCUT2D eigenvalue weighted by molar-refractivity contribution is 5.94. The van der Waals surface area contributed by atoms with Crippen LogP contribution in [0.3, 0.4) is 0 Å². The van der Waals surface area contributed by atoms with Crippen LogP contribution in [0.1, 0.15) is 30.6 Å². The number of amides is 1. The van der Waals surface area contributed by atoms with Crippen LogP contribution >= 0.6 is 0 Å². The summed E-state index contributed by atoms with van der Waals surface area (Å²) in [5.74, 6) is -1.00. The van der Waals surface area contributed by atoms with Gasteiger partial charge in [0.15, 0.2) is 0 Å². The summed E-state index contributed by atoms with van der Waals surface area (Å²) in [6.45, 7) is 3.54. The van der Waals surface area contributed by atoms with Crippen molar-refractivity contribution in [3.05, 3.63) is 35.6 Å². The van der Waals surface area contributed by atoms with Gasteiger partial charge in [0.25, 0.3) is 5.91 Å². The van der Waals surface area contributed by atoms with E-state index in [1.807, 2.05) is 0 Å². The summed E-state index contributed by atoms with van der Waals surface area (Å²) < 4.78 is 13.3. The summed E-state index contributed by atoms with van der Waals surface area (Å²) in [5, 5.41) is 11.5. The molecular weight excluding hydrogens is 209 g/mol. The van der Waals surface area contributed by atoms with Crippen LogP contribution in [-0.2, 0) is 0 Å². The minimum atomic E-state index is -0.548. The van der Waals surface area contributed by atoms with Crippen LogP contribution in [-0.4, -0.2) is 23.2 Å². The maximum atomic E-state index is 13.3. The third-order valence-corrected chi connectivity index (χ3v) is 2.31. The summed E-state index contributed by atoms with van der Waals surface area (Å²) in [6.07, 6.45) is 0.424. The van der Waals surface area contributed by atoms with E-state index in [9.17, 15) is 9.18 Å². The first-order valence-electron chi connectivity index (χ1n) is 5.14. The lowest BCUT2D eigenvalue weighted by Crippen LogP contribution is -2.44. The predicted octanol–water partition coefficient (Wildman–Crippen LogP) is 1.72. The van der Waals surface area contributed by atoms with Gasteiger partial charge < -0.3 is 10.4 Å². The minimum Gasteiger partial charge on any atom is -0.396 e. The van der Waals surface area contributed by atoms with Gasteiger partial charge in [-0.05, 0) is 32.4 Å². The first-order chi connectivity index (χ1) is 7.46. The normalized spacial score (nSPS) is 11.2. The molecular formula is C12H16FNO2. The second kappa shape index (κ2) is 5.07. The second-order valence-corrected chi connectivity index (χ2v) is 4.29. The average molecular weight is 225 g/mol. The van der Waals surface area contributed by atoms with E-state index in [4.69, 9.17) is 5.11 Å². The molecule has 0 aliphatic rings. The number of nitrogens with one attached hydrogen (secondary N) is 1. The summed E-state index contributed by atoms with van der Waals surface area (Å²) in [6, 6.07) is 5.82. The van der Waals surface area contributed by atoms with E-state index < -0.39 is 17.3 Å². The monoisotopic (exact) mass is 225 g/mol. The fourth-order valence-corrected chi connectivity index (χ4v) is 1.36. The molecule has 0 aliphatic carbocycles. The van der Waals surface area contributed by atoms with Crippen molar-refractivity contribution < 1.29 is 14.3 Å². The number of hydrogen-bond acceptors (Lipinski definition) is 2. The Balaban J connectivity index is 2.77. The van der Waals surface area contributed by atoms with Crippen molar-refractivity contribution >= 4 is 5.91 Å². The van der Waals surface area contributed by atoms with Gasteiger partial charge in [-0.15, -0.1) is 0 Å². The van der Waals surface area contributed by atoms with Crippen LogP contribution in [0.25, 0.3) is 0 Å². The van der Waals surface area contributed by atoms with Crippen molar-refractivity contribution in [1.29, 1.82) is 0 Å². The SMILES string of the molecule is CC(C)(CCO)NC(=O)c1ccccc1F. The van der Waals surface area contributed by atoms with E-state index in [1.54, 1.807) is 19.9 Å². The van der Waals surface area contributed by atoms with E-state index >= 15 is 0 Å². The molecule has 2 N–H and O–H groups in total. The molecule has 0 heterocycles. The van der Waals surface area contributed by atoms with Crippen LogP contribution < -0.4 is 5.32 Å². The Morgan fingerprint density at radius 2 is 2.06 bits per heavy atom. The molecule has 0 fully saturated rings. The van der Waals surface area contributed by atoms with E-state index in [0.717, 1.165) is 0 Å². The van der Waals surface area contributed by atoms with Gasteiger partial charge in [0, 0.05) is 12.1 Å². The number of halogens is 1. The fourth-order valence-electron chi connectivity index (χ4n) is 1.36. The van der Waals surface area contributed by atoms with Crippen molar-refractivity contribution in [2.24, 2.45) is 0 Å². The number of carbonyl (C=O) groups is 1. The van der Waals surface area contributed by atoms with Gasteiger partial charge in [-0.1, -0.05) is 12.1 Å². The Hall–Kier alpha value is -1.42. The molecule has 0 unspecified atom stereocenters. The lowest BCUT2D eigenvalue weighted by atomic mass is 10.0. The highest BCUT2D eigenvalue weighted by Crippen LogP contribution is 2.11. The predicted molar refractivity (Wildman–Crippen MR) is 59.6 cm³/mol. The molecule has 1 aromatic rings. The number of hydrogen-bond donors (Lipinski definition) is 2. The Morgan fingerprint density at radius 1 is 1.44 bits per heavy atom. The molecule has 1 amide bonds. The third kappa shape index (κ3) is 3.31. The van der Waals surface area contributed by atoms with E-state index in [1.165, 1.54) is 18.2 Å². The smallest absolute Gasteiger partial charge is 0.254 e. The molecule has 0 saturated carbocycles. The molecule has 3 nitrogen and oxygen atoms in total. The molecule has 0 radical (unpaired) electrons. The molecule has 16 heavy (non-hydrogen) atoms. The van der Waals surface area contributed by atoms with Crippen LogP contribution in [0, 0.1) is 5.82 Å². The number of rotatable bonds is 4. The molecule has 0 atom stereocenters. The summed E-state index contributed by atoms with van der Waals surface area (Å²) in [4.78, 5) is 11.7. The number of aliphatic hydroxyl groups is 1. The number of benzene rings is 1. The van der Waals surface area contributed by atoms with E-state index in [-0.39, 0.29) is 12.2 Å². The van der Waals surface area contributed by atoms with Crippen LogP contribution in [0.4, 0.5) is 4.39 Å². The van der Waals surface area contributed by atoms with Gasteiger partial charge in [0.05, 0.1) is 5.56 Å². The summed E-state index contributed by atoms with van der Waals surface area (Å²) in [5.41, 5.74) is -0.526. The first kappa shape index (κ1) is 12.6. The standard InChI is InChI=1S/C12H16FNO2/c1-12(2,7-8-15)14-11(16)9-5-3-4-6-10(9)13/h3-6,15H,7-8H2,1-2H3,(H,14,16). The molecule has 0 saturated heterocycles. The Kier molecular flexibility index (Phi) is 4.01. The van der Waals surface area contributed by atoms with Gasteiger partial charge in [0.2, 0.25) is 0 Å². The zero-order valence-corrected chi connectivity index (χ0v) is 9.46. The van der Waals surface area contributed by atoms with Crippen LogP contribution in [0.15, 0.2) is 24.3 Å². The molecule has 1 aromatic carbocycles. The molecule has 1 rings (SSSR count). The van der Waals surface area contributed by atoms with Crippen LogP contribution in [0.5, 0.6) is 0 Å². The fraction of sp³-hybridized carbons (Fsp3) is 0.417. The summed E-state index contributed by atoms with van der Waals surface area (Å²) >= 11 is 0. The molecule has 0 aliphatic heterocycles. The van der Waals surface area contributed by atoms with Gasteiger partial charge in [-0.3, -0.25) is 4.79 Å². The zero-order chi connectivity index (χ0) is 12.2. The first-order valence-corrected chi connectivity index (χ1v) is 5.14. The Bertz CT molecular complexity index is 377. The molecule has 4 heteroatoms. The van der Waals surface area contributed by atoms with Crippen LogP contribution in [0.2, 0.25) is 0 Å². The van der Waals surface area contributed by atoms with E-state index in [2.05, 4.69) is 5.32 Å². The number of aliphatic hydroxyl groups excluding tert-OH is 1. The average Bonchev–Trinajstić information content (AvgIpc) is 2.17. The maximum Gasteiger partial charge on any atom is 0.254 e. The van der Waals surface area contributed by atoms with Crippen molar-refractivity contribution in [3.8, 4) is 0 Å². The lowest BCUT2D eigenvalue weighted by molar-refractivity contribution is 0.0895.